The maximum atomic E-state index is 13.6. The zero-order valence-corrected chi connectivity index (χ0v) is 16.0. The lowest BCUT2D eigenvalue weighted by Crippen LogP contribution is -2.14. The fraction of sp³-hybridized carbons (Fsp3) is 0.182. The van der Waals surface area contributed by atoms with Crippen molar-refractivity contribution in [1.82, 2.24) is 0 Å². The molecule has 0 amide bonds. The highest BCUT2D eigenvalue weighted by molar-refractivity contribution is 7.63. The van der Waals surface area contributed by atoms with Crippen LogP contribution in [-0.2, 0) is 17.4 Å². The van der Waals surface area contributed by atoms with E-state index in [1.165, 1.54) is 11.1 Å². The zero-order chi connectivity index (χ0) is 18.4. The highest BCUT2D eigenvalue weighted by Crippen LogP contribution is 2.47. The molecule has 0 atom stereocenters. The van der Waals surface area contributed by atoms with Crippen LogP contribution in [0.5, 0.6) is 11.5 Å². The zero-order valence-electron chi connectivity index (χ0n) is 15.1. The first kappa shape index (κ1) is 18.3. The minimum absolute atomic E-state index is 0.527. The van der Waals surface area contributed by atoms with Crippen LogP contribution in [-0.4, -0.2) is 0 Å². The molecule has 3 aromatic rings. The molecule has 0 unspecified atom stereocenters. The first-order chi connectivity index (χ1) is 12.6. The molecule has 0 saturated heterocycles. The van der Waals surface area contributed by atoms with Gasteiger partial charge >= 0.3 is 7.60 Å². The van der Waals surface area contributed by atoms with Gasteiger partial charge in [0.05, 0.1) is 5.30 Å². The summed E-state index contributed by atoms with van der Waals surface area (Å²) in [7, 11) is -3.56. The third-order valence-electron chi connectivity index (χ3n) is 4.19. The van der Waals surface area contributed by atoms with E-state index in [4.69, 9.17) is 9.05 Å². The van der Waals surface area contributed by atoms with E-state index >= 15 is 0 Å². The Morgan fingerprint density at radius 2 is 1.08 bits per heavy atom. The molecular weight excluding hydrogens is 343 g/mol. The maximum Gasteiger partial charge on any atom is 0.462 e. The van der Waals surface area contributed by atoms with E-state index in [2.05, 4.69) is 13.8 Å². The molecule has 26 heavy (non-hydrogen) atoms. The van der Waals surface area contributed by atoms with Crippen LogP contribution in [0, 0.1) is 0 Å². The van der Waals surface area contributed by atoms with Crippen molar-refractivity contribution in [3.63, 3.8) is 0 Å². The summed E-state index contributed by atoms with van der Waals surface area (Å²) in [5.41, 5.74) is 2.39. The molecule has 0 aliphatic carbocycles. The lowest BCUT2D eigenvalue weighted by atomic mass is 10.2. The van der Waals surface area contributed by atoms with Gasteiger partial charge < -0.3 is 9.05 Å². The summed E-state index contributed by atoms with van der Waals surface area (Å²) >= 11 is 0. The van der Waals surface area contributed by atoms with Crippen LogP contribution in [0.15, 0.2) is 78.9 Å². The number of aryl methyl sites for hydroxylation is 2. The number of benzene rings is 3. The molecule has 0 aromatic heterocycles. The molecule has 0 aliphatic rings. The van der Waals surface area contributed by atoms with Crippen LogP contribution >= 0.6 is 7.60 Å². The van der Waals surface area contributed by atoms with E-state index in [0.717, 1.165) is 12.8 Å². The molecule has 3 aromatic carbocycles. The SMILES string of the molecule is CCc1ccc(OP(=O)(Oc2ccc(CC)cc2)c2ccccc2)cc1. The minimum Gasteiger partial charge on any atom is -0.413 e. The van der Waals surface area contributed by atoms with Crippen molar-refractivity contribution < 1.29 is 13.6 Å². The van der Waals surface area contributed by atoms with Gasteiger partial charge in [-0.2, -0.15) is 0 Å². The Hall–Kier alpha value is -2.51. The van der Waals surface area contributed by atoms with Crippen molar-refractivity contribution in [3.05, 3.63) is 90.0 Å². The molecule has 3 rings (SSSR count). The largest absolute Gasteiger partial charge is 0.462 e. The summed E-state index contributed by atoms with van der Waals surface area (Å²) in [5, 5.41) is 0.527. The average Bonchev–Trinajstić information content (AvgIpc) is 2.70. The quantitative estimate of drug-likeness (QED) is 0.497. The van der Waals surface area contributed by atoms with Gasteiger partial charge in [0.1, 0.15) is 11.5 Å². The van der Waals surface area contributed by atoms with Gasteiger partial charge in [-0.15, -0.1) is 0 Å². The van der Waals surface area contributed by atoms with Crippen molar-refractivity contribution in [1.29, 1.82) is 0 Å². The van der Waals surface area contributed by atoms with Gasteiger partial charge in [0.15, 0.2) is 0 Å². The van der Waals surface area contributed by atoms with E-state index in [-0.39, 0.29) is 0 Å². The third-order valence-corrected chi connectivity index (χ3v) is 6.02. The highest BCUT2D eigenvalue weighted by atomic mass is 31.2. The topological polar surface area (TPSA) is 35.5 Å². The van der Waals surface area contributed by atoms with Crippen molar-refractivity contribution in [3.8, 4) is 11.5 Å². The predicted molar refractivity (Wildman–Crippen MR) is 107 cm³/mol. The summed E-state index contributed by atoms with van der Waals surface area (Å²) < 4.78 is 25.4. The monoisotopic (exact) mass is 366 g/mol. The second-order valence-corrected chi connectivity index (χ2v) is 7.89. The van der Waals surface area contributed by atoms with Crippen LogP contribution in [0.25, 0.3) is 0 Å². The molecule has 134 valence electrons. The fourth-order valence-corrected chi connectivity index (χ4v) is 4.17. The Morgan fingerprint density at radius 3 is 1.46 bits per heavy atom. The van der Waals surface area contributed by atoms with Gasteiger partial charge in [-0.25, -0.2) is 4.57 Å². The lowest BCUT2D eigenvalue weighted by molar-refractivity contribution is 0.399. The molecule has 0 fully saturated rings. The molecule has 0 heterocycles. The fourth-order valence-electron chi connectivity index (χ4n) is 2.58. The molecule has 3 nitrogen and oxygen atoms in total. The Bertz CT molecular complexity index is 818. The van der Waals surface area contributed by atoms with E-state index in [1.54, 1.807) is 12.1 Å². The Kier molecular flexibility index (Phi) is 5.80. The Balaban J connectivity index is 1.91. The van der Waals surface area contributed by atoms with Gasteiger partial charge in [0, 0.05) is 0 Å². The molecule has 4 heteroatoms. The van der Waals surface area contributed by atoms with E-state index in [1.807, 2.05) is 66.7 Å². The second kappa shape index (κ2) is 8.25. The molecule has 0 radical (unpaired) electrons. The predicted octanol–water partition coefficient (Wildman–Crippen LogP) is 5.79. The summed E-state index contributed by atoms with van der Waals surface area (Å²) in [5.74, 6) is 1.05. The normalized spacial score (nSPS) is 11.2. The van der Waals surface area contributed by atoms with Gasteiger partial charge in [-0.3, -0.25) is 0 Å². The van der Waals surface area contributed by atoms with E-state index in [0.29, 0.717) is 16.8 Å². The first-order valence-corrected chi connectivity index (χ1v) is 10.4. The lowest BCUT2D eigenvalue weighted by Gasteiger charge is -2.20. The summed E-state index contributed by atoms with van der Waals surface area (Å²) in [4.78, 5) is 0. The van der Waals surface area contributed by atoms with Crippen molar-refractivity contribution in [2.75, 3.05) is 0 Å². The summed E-state index contributed by atoms with van der Waals surface area (Å²) in [6, 6.07) is 24.3. The van der Waals surface area contributed by atoms with Crippen LogP contribution in [0.1, 0.15) is 25.0 Å². The number of hydrogen-bond donors (Lipinski definition) is 0. The third kappa shape index (κ3) is 4.36. The standard InChI is InChI=1S/C22H23O3P/c1-3-18-10-14-20(15-11-18)24-26(23,22-8-6-5-7-9-22)25-21-16-12-19(4-2)13-17-21/h5-17H,3-4H2,1-2H3. The van der Waals surface area contributed by atoms with Crippen LogP contribution < -0.4 is 14.4 Å². The second-order valence-electron chi connectivity index (χ2n) is 6.01. The smallest absolute Gasteiger partial charge is 0.413 e. The van der Waals surface area contributed by atoms with Gasteiger partial charge in [0.2, 0.25) is 0 Å². The van der Waals surface area contributed by atoms with Crippen molar-refractivity contribution in [2.45, 2.75) is 26.7 Å². The van der Waals surface area contributed by atoms with Crippen molar-refractivity contribution >= 4 is 12.9 Å². The van der Waals surface area contributed by atoms with Gasteiger partial charge in [0.25, 0.3) is 0 Å². The van der Waals surface area contributed by atoms with E-state index in [9.17, 15) is 4.57 Å². The Labute approximate surface area is 155 Å². The minimum atomic E-state index is -3.56. The van der Waals surface area contributed by atoms with Crippen LogP contribution in [0.3, 0.4) is 0 Å². The maximum absolute atomic E-state index is 13.6. The molecule has 0 aliphatic heterocycles. The van der Waals surface area contributed by atoms with Crippen LogP contribution in [0.2, 0.25) is 0 Å². The highest BCUT2D eigenvalue weighted by Gasteiger charge is 2.31. The summed E-state index contributed by atoms with van der Waals surface area (Å²) in [6.07, 6.45) is 1.88. The summed E-state index contributed by atoms with van der Waals surface area (Å²) in [6.45, 7) is 4.18. The number of hydrogen-bond acceptors (Lipinski definition) is 3. The van der Waals surface area contributed by atoms with E-state index < -0.39 is 7.60 Å². The van der Waals surface area contributed by atoms with Gasteiger partial charge in [-0.05, 0) is 60.4 Å². The Morgan fingerprint density at radius 1 is 0.654 bits per heavy atom. The van der Waals surface area contributed by atoms with Gasteiger partial charge in [-0.1, -0.05) is 56.3 Å². The molecule has 0 bridgehead atoms. The number of rotatable bonds is 7. The van der Waals surface area contributed by atoms with Crippen molar-refractivity contribution in [2.24, 2.45) is 0 Å². The molecule has 0 spiro atoms. The first-order valence-electron chi connectivity index (χ1n) is 8.85. The molecular formula is C22H23O3P. The molecule has 0 saturated carbocycles. The molecule has 0 N–H and O–H groups in total. The average molecular weight is 366 g/mol. The van der Waals surface area contributed by atoms with Crippen LogP contribution in [0.4, 0.5) is 0 Å².